The molecule has 7 heteroatoms. The van der Waals surface area contributed by atoms with Crippen LogP contribution in [0.25, 0.3) is 0 Å². The number of thiazole rings is 1. The second-order valence-electron chi connectivity index (χ2n) is 7.19. The number of imidazole rings is 1. The summed E-state index contributed by atoms with van der Waals surface area (Å²) in [6.45, 7) is 6.98. The number of anilines is 1. The largest absolute Gasteiger partial charge is 0.356 e. The van der Waals surface area contributed by atoms with Crippen molar-refractivity contribution >= 4 is 17.2 Å². The normalized spacial score (nSPS) is 17.4. The van der Waals surface area contributed by atoms with Gasteiger partial charge in [0, 0.05) is 48.5 Å². The molecule has 0 radical (unpaired) electrons. The molecule has 27 heavy (non-hydrogen) atoms. The van der Waals surface area contributed by atoms with Gasteiger partial charge in [0.25, 0.3) is 0 Å². The van der Waals surface area contributed by atoms with E-state index in [1.807, 2.05) is 18.6 Å². The zero-order chi connectivity index (χ0) is 18.6. The van der Waals surface area contributed by atoms with E-state index < -0.39 is 0 Å². The lowest BCUT2D eigenvalue weighted by molar-refractivity contribution is 0.473. The van der Waals surface area contributed by atoms with Gasteiger partial charge in [-0.15, -0.1) is 11.3 Å². The van der Waals surface area contributed by atoms with E-state index in [-0.39, 0.29) is 0 Å². The first-order chi connectivity index (χ1) is 13.2. The summed E-state index contributed by atoms with van der Waals surface area (Å²) in [4.78, 5) is 20.8. The average Bonchev–Trinajstić information content (AvgIpc) is 3.34. The van der Waals surface area contributed by atoms with Crippen LogP contribution < -0.4 is 4.90 Å². The lowest BCUT2D eigenvalue weighted by atomic mass is 9.97. The van der Waals surface area contributed by atoms with Crippen molar-refractivity contribution < 1.29 is 0 Å². The van der Waals surface area contributed by atoms with Crippen LogP contribution in [0.2, 0.25) is 0 Å². The maximum absolute atomic E-state index is 4.72. The second-order valence-corrected chi connectivity index (χ2v) is 7.91. The summed E-state index contributed by atoms with van der Waals surface area (Å²) in [7, 11) is 0. The van der Waals surface area contributed by atoms with Crippen LogP contribution in [0.3, 0.4) is 0 Å². The van der Waals surface area contributed by atoms with Crippen LogP contribution in [0.1, 0.15) is 55.1 Å². The van der Waals surface area contributed by atoms with E-state index >= 15 is 0 Å². The molecule has 6 nitrogen and oxygen atoms in total. The zero-order valence-electron chi connectivity index (χ0n) is 16.0. The van der Waals surface area contributed by atoms with Gasteiger partial charge in [0.1, 0.15) is 17.5 Å². The van der Waals surface area contributed by atoms with E-state index in [1.54, 1.807) is 11.3 Å². The van der Waals surface area contributed by atoms with Gasteiger partial charge in [0.05, 0.1) is 17.7 Å². The van der Waals surface area contributed by atoms with Crippen molar-refractivity contribution in [1.82, 2.24) is 24.5 Å². The lowest BCUT2D eigenvalue weighted by Crippen LogP contribution is -2.36. The number of nitrogens with zero attached hydrogens (tertiary/aromatic N) is 6. The summed E-state index contributed by atoms with van der Waals surface area (Å²) in [6.07, 6.45) is 8.41. The molecular weight excluding hydrogens is 356 g/mol. The van der Waals surface area contributed by atoms with Gasteiger partial charge in [-0.25, -0.2) is 19.9 Å². The summed E-state index contributed by atoms with van der Waals surface area (Å²) >= 11 is 1.64. The molecule has 1 aliphatic heterocycles. The van der Waals surface area contributed by atoms with E-state index in [9.17, 15) is 0 Å². The van der Waals surface area contributed by atoms with Gasteiger partial charge in [-0.2, -0.15) is 0 Å². The molecule has 3 aromatic heterocycles. The van der Waals surface area contributed by atoms with E-state index in [0.717, 1.165) is 74.2 Å². The standard InChI is InChI=1S/C20H26N6S/c1-3-5-17-10-19(24-15(2)23-17)25-8-4-6-16(11-25)20-21-7-9-26(20)12-18-13-27-14-22-18/h7,9-10,13-14,16H,3-6,8,11-12H2,1-2H3/t16-/m0/s1. The van der Waals surface area contributed by atoms with Gasteiger partial charge in [-0.1, -0.05) is 13.3 Å². The molecule has 3 aromatic rings. The number of aromatic nitrogens is 5. The number of hydrogen-bond donors (Lipinski definition) is 0. The van der Waals surface area contributed by atoms with E-state index in [4.69, 9.17) is 9.97 Å². The van der Waals surface area contributed by atoms with Gasteiger partial charge in [-0.3, -0.25) is 0 Å². The number of rotatable bonds is 6. The molecule has 0 aromatic carbocycles. The molecule has 0 unspecified atom stereocenters. The Balaban J connectivity index is 1.53. The summed E-state index contributed by atoms with van der Waals surface area (Å²) in [5, 5.41) is 2.11. The molecule has 0 amide bonds. The molecule has 142 valence electrons. The van der Waals surface area contributed by atoms with E-state index in [0.29, 0.717) is 5.92 Å². The first-order valence-electron chi connectivity index (χ1n) is 9.70. The minimum Gasteiger partial charge on any atom is -0.356 e. The number of piperidine rings is 1. The van der Waals surface area contributed by atoms with Crippen LogP contribution in [0.5, 0.6) is 0 Å². The Morgan fingerprint density at radius 3 is 2.96 bits per heavy atom. The Bertz CT molecular complexity index is 872. The van der Waals surface area contributed by atoms with E-state index in [2.05, 4.69) is 44.0 Å². The van der Waals surface area contributed by atoms with Crippen molar-refractivity contribution in [1.29, 1.82) is 0 Å². The molecule has 4 rings (SSSR count). The highest BCUT2D eigenvalue weighted by molar-refractivity contribution is 7.07. The zero-order valence-corrected chi connectivity index (χ0v) is 16.8. The maximum Gasteiger partial charge on any atom is 0.132 e. The molecule has 0 bridgehead atoms. The second kappa shape index (κ2) is 8.17. The van der Waals surface area contributed by atoms with Crippen molar-refractivity contribution in [2.75, 3.05) is 18.0 Å². The predicted octanol–water partition coefficient (Wildman–Crippen LogP) is 3.82. The minimum atomic E-state index is 0.414. The average molecular weight is 383 g/mol. The Labute approximate surface area is 164 Å². The first-order valence-corrected chi connectivity index (χ1v) is 10.6. The molecule has 1 aliphatic rings. The molecule has 1 fully saturated rings. The van der Waals surface area contributed by atoms with Crippen LogP contribution in [-0.2, 0) is 13.0 Å². The predicted molar refractivity (Wildman–Crippen MR) is 108 cm³/mol. The third kappa shape index (κ3) is 4.18. The summed E-state index contributed by atoms with van der Waals surface area (Å²) in [5.74, 6) is 3.50. The minimum absolute atomic E-state index is 0.414. The maximum atomic E-state index is 4.72. The molecule has 0 aliphatic carbocycles. The fourth-order valence-electron chi connectivity index (χ4n) is 3.86. The van der Waals surface area contributed by atoms with E-state index in [1.165, 1.54) is 0 Å². The van der Waals surface area contributed by atoms with Gasteiger partial charge in [0.2, 0.25) is 0 Å². The molecule has 0 N–H and O–H groups in total. The lowest BCUT2D eigenvalue weighted by Gasteiger charge is -2.33. The summed E-state index contributed by atoms with van der Waals surface area (Å²) in [5.41, 5.74) is 4.13. The Morgan fingerprint density at radius 1 is 1.22 bits per heavy atom. The molecule has 0 saturated carbocycles. The van der Waals surface area contributed by atoms with Gasteiger partial charge >= 0.3 is 0 Å². The molecule has 1 atom stereocenters. The Kier molecular flexibility index (Phi) is 5.48. The summed E-state index contributed by atoms with van der Waals surface area (Å²) in [6, 6.07) is 2.17. The third-order valence-corrected chi connectivity index (χ3v) is 5.69. The van der Waals surface area contributed by atoms with Gasteiger partial charge in [-0.05, 0) is 26.2 Å². The topological polar surface area (TPSA) is 59.7 Å². The van der Waals surface area contributed by atoms with Gasteiger partial charge in [0.15, 0.2) is 0 Å². The first kappa shape index (κ1) is 18.1. The molecule has 4 heterocycles. The quantitative estimate of drug-likeness (QED) is 0.648. The van der Waals surface area contributed by atoms with Crippen LogP contribution >= 0.6 is 11.3 Å². The van der Waals surface area contributed by atoms with Crippen molar-refractivity contribution in [3.63, 3.8) is 0 Å². The van der Waals surface area contributed by atoms with Gasteiger partial charge < -0.3 is 9.47 Å². The third-order valence-electron chi connectivity index (χ3n) is 5.06. The summed E-state index contributed by atoms with van der Waals surface area (Å²) < 4.78 is 2.25. The Hall–Kier alpha value is -2.28. The van der Waals surface area contributed by atoms with Crippen LogP contribution in [0, 0.1) is 6.92 Å². The molecule has 1 saturated heterocycles. The van der Waals surface area contributed by atoms with Crippen molar-refractivity contribution in [2.24, 2.45) is 0 Å². The van der Waals surface area contributed by atoms with Crippen LogP contribution in [0.15, 0.2) is 29.4 Å². The highest BCUT2D eigenvalue weighted by Crippen LogP contribution is 2.29. The van der Waals surface area contributed by atoms with Crippen molar-refractivity contribution in [3.05, 3.63) is 52.4 Å². The highest BCUT2D eigenvalue weighted by Gasteiger charge is 2.26. The molecular formula is C20H26N6S. The number of hydrogen-bond acceptors (Lipinski definition) is 6. The highest BCUT2D eigenvalue weighted by atomic mass is 32.1. The SMILES string of the molecule is CCCc1cc(N2CCC[C@H](c3nccn3Cc3cscn3)C2)nc(C)n1. The van der Waals surface area contributed by atoms with Crippen molar-refractivity contribution in [2.45, 2.75) is 52.0 Å². The molecule has 0 spiro atoms. The Morgan fingerprint density at radius 2 is 2.15 bits per heavy atom. The van der Waals surface area contributed by atoms with Crippen LogP contribution in [-0.4, -0.2) is 37.6 Å². The fraction of sp³-hybridized carbons (Fsp3) is 0.500. The number of aryl methyl sites for hydroxylation is 2. The van der Waals surface area contributed by atoms with Crippen molar-refractivity contribution in [3.8, 4) is 0 Å². The fourth-order valence-corrected chi connectivity index (χ4v) is 4.41. The van der Waals surface area contributed by atoms with Crippen LogP contribution in [0.4, 0.5) is 5.82 Å². The monoisotopic (exact) mass is 382 g/mol. The smallest absolute Gasteiger partial charge is 0.132 e.